The number of hydrogen-bond donors (Lipinski definition) is 2. The summed E-state index contributed by atoms with van der Waals surface area (Å²) < 4.78 is 2.86. The van der Waals surface area contributed by atoms with E-state index in [4.69, 9.17) is 5.11 Å². The van der Waals surface area contributed by atoms with Crippen LogP contribution in [-0.2, 0) is 23.2 Å². The van der Waals surface area contributed by atoms with Crippen LogP contribution in [0.1, 0.15) is 5.56 Å². The van der Waals surface area contributed by atoms with E-state index in [0.717, 1.165) is 5.56 Å². The molecule has 0 aliphatic rings. The molecule has 0 aliphatic heterocycles. The number of carboxylic acid groups (broad SMARTS) is 1. The summed E-state index contributed by atoms with van der Waals surface area (Å²) >= 11 is 0. The Labute approximate surface area is 114 Å². The molecule has 0 atom stereocenters. The molecule has 2 N–H and O–H groups in total. The standard InChI is InChI=1S/C12H13N5O3/c1-16-6-9(4-13-16)2-3-11(18)15-10-5-14-17(7-10)8-12(19)20/h2-7H,8H2,1H3,(H,15,18)(H,19,20)/b3-2+. The molecule has 2 aromatic rings. The molecule has 0 spiro atoms. The molecule has 2 aromatic heterocycles. The van der Waals surface area contributed by atoms with Gasteiger partial charge in [-0.1, -0.05) is 0 Å². The number of carbonyl (C=O) groups excluding carboxylic acids is 1. The maximum atomic E-state index is 11.6. The highest BCUT2D eigenvalue weighted by Crippen LogP contribution is 2.05. The van der Waals surface area contributed by atoms with Crippen LogP contribution < -0.4 is 5.32 Å². The van der Waals surface area contributed by atoms with Crippen molar-refractivity contribution in [1.82, 2.24) is 19.6 Å². The topological polar surface area (TPSA) is 102 Å². The molecule has 0 saturated carbocycles. The van der Waals surface area contributed by atoms with Crippen LogP contribution in [0.4, 0.5) is 5.69 Å². The monoisotopic (exact) mass is 275 g/mol. The van der Waals surface area contributed by atoms with Crippen LogP contribution in [0.5, 0.6) is 0 Å². The first-order valence-electron chi connectivity index (χ1n) is 5.75. The first-order valence-corrected chi connectivity index (χ1v) is 5.75. The minimum atomic E-state index is -0.998. The van der Waals surface area contributed by atoms with E-state index in [-0.39, 0.29) is 12.5 Å². The molecule has 1 amide bonds. The molecule has 0 saturated heterocycles. The van der Waals surface area contributed by atoms with Crippen LogP contribution in [0.3, 0.4) is 0 Å². The number of aryl methyl sites for hydroxylation is 1. The van der Waals surface area contributed by atoms with E-state index in [1.165, 1.54) is 23.2 Å². The van der Waals surface area contributed by atoms with E-state index in [1.54, 1.807) is 30.2 Å². The third-order valence-corrected chi connectivity index (χ3v) is 2.35. The highest BCUT2D eigenvalue weighted by Gasteiger charge is 2.04. The van der Waals surface area contributed by atoms with E-state index >= 15 is 0 Å². The predicted molar refractivity (Wildman–Crippen MR) is 70.7 cm³/mol. The molecule has 0 unspecified atom stereocenters. The largest absolute Gasteiger partial charge is 0.480 e. The molecule has 8 heteroatoms. The van der Waals surface area contributed by atoms with Gasteiger partial charge in [0.1, 0.15) is 6.54 Å². The molecule has 8 nitrogen and oxygen atoms in total. The fraction of sp³-hybridized carbons (Fsp3) is 0.167. The van der Waals surface area contributed by atoms with Crippen molar-refractivity contribution in [3.8, 4) is 0 Å². The van der Waals surface area contributed by atoms with Crippen molar-refractivity contribution in [1.29, 1.82) is 0 Å². The zero-order chi connectivity index (χ0) is 14.5. The number of aliphatic carboxylic acids is 1. The van der Waals surface area contributed by atoms with Crippen LogP contribution in [0.25, 0.3) is 6.08 Å². The van der Waals surface area contributed by atoms with Crippen LogP contribution in [0.15, 0.2) is 30.9 Å². The minimum Gasteiger partial charge on any atom is -0.480 e. The molecule has 2 heterocycles. The zero-order valence-corrected chi connectivity index (χ0v) is 10.7. The van der Waals surface area contributed by atoms with Crippen molar-refractivity contribution in [2.75, 3.05) is 5.32 Å². The Kier molecular flexibility index (Phi) is 3.94. The quantitative estimate of drug-likeness (QED) is 0.767. The van der Waals surface area contributed by atoms with Gasteiger partial charge in [0, 0.05) is 31.1 Å². The fourth-order valence-corrected chi connectivity index (χ4v) is 1.54. The summed E-state index contributed by atoms with van der Waals surface area (Å²) in [6.07, 6.45) is 9.24. The summed E-state index contributed by atoms with van der Waals surface area (Å²) in [6.45, 7) is -0.249. The predicted octanol–water partition coefficient (Wildman–Crippen LogP) is 0.353. The van der Waals surface area contributed by atoms with Gasteiger partial charge in [0.2, 0.25) is 5.91 Å². The van der Waals surface area contributed by atoms with Crippen LogP contribution in [-0.4, -0.2) is 36.5 Å². The zero-order valence-electron chi connectivity index (χ0n) is 10.7. The lowest BCUT2D eigenvalue weighted by Crippen LogP contribution is -2.09. The summed E-state index contributed by atoms with van der Waals surface area (Å²) in [5.41, 5.74) is 1.25. The lowest BCUT2D eigenvalue weighted by atomic mass is 10.3. The van der Waals surface area contributed by atoms with E-state index in [0.29, 0.717) is 5.69 Å². The van der Waals surface area contributed by atoms with Crippen molar-refractivity contribution in [3.63, 3.8) is 0 Å². The maximum Gasteiger partial charge on any atom is 0.325 e. The van der Waals surface area contributed by atoms with Crippen molar-refractivity contribution in [2.24, 2.45) is 7.05 Å². The fourth-order valence-electron chi connectivity index (χ4n) is 1.54. The smallest absolute Gasteiger partial charge is 0.325 e. The Morgan fingerprint density at radius 3 is 2.80 bits per heavy atom. The third-order valence-electron chi connectivity index (χ3n) is 2.35. The van der Waals surface area contributed by atoms with Gasteiger partial charge < -0.3 is 10.4 Å². The van der Waals surface area contributed by atoms with E-state index < -0.39 is 5.97 Å². The van der Waals surface area contributed by atoms with Crippen LogP contribution >= 0.6 is 0 Å². The molecule has 0 bridgehead atoms. The Balaban J connectivity index is 1.92. The summed E-state index contributed by atoms with van der Waals surface area (Å²) in [4.78, 5) is 22.1. The number of aromatic nitrogens is 4. The second-order valence-corrected chi connectivity index (χ2v) is 4.09. The SMILES string of the molecule is Cn1cc(/C=C/C(=O)Nc2cnn(CC(=O)O)c2)cn1. The molecule has 104 valence electrons. The number of hydrogen-bond acceptors (Lipinski definition) is 4. The third kappa shape index (κ3) is 3.80. The number of nitrogens with zero attached hydrogens (tertiary/aromatic N) is 4. The second-order valence-electron chi connectivity index (χ2n) is 4.09. The number of carbonyl (C=O) groups is 2. The number of amides is 1. The van der Waals surface area contributed by atoms with E-state index in [2.05, 4.69) is 15.5 Å². The normalized spacial score (nSPS) is 10.8. The minimum absolute atomic E-state index is 0.249. The van der Waals surface area contributed by atoms with Crippen molar-refractivity contribution < 1.29 is 14.7 Å². The Morgan fingerprint density at radius 2 is 2.15 bits per heavy atom. The Morgan fingerprint density at radius 1 is 1.35 bits per heavy atom. The highest BCUT2D eigenvalue weighted by atomic mass is 16.4. The van der Waals surface area contributed by atoms with Gasteiger partial charge >= 0.3 is 5.97 Å². The molecule has 0 radical (unpaired) electrons. The molecule has 20 heavy (non-hydrogen) atoms. The number of nitrogens with one attached hydrogen (secondary N) is 1. The molecular weight excluding hydrogens is 262 g/mol. The molecule has 0 fully saturated rings. The van der Waals surface area contributed by atoms with Gasteiger partial charge in [0.25, 0.3) is 0 Å². The lowest BCUT2D eigenvalue weighted by molar-refractivity contribution is -0.137. The van der Waals surface area contributed by atoms with Gasteiger partial charge in [0.05, 0.1) is 18.1 Å². The van der Waals surface area contributed by atoms with Gasteiger partial charge in [-0.3, -0.25) is 19.0 Å². The van der Waals surface area contributed by atoms with Gasteiger partial charge in [-0.15, -0.1) is 0 Å². The summed E-state index contributed by atoms with van der Waals surface area (Å²) in [6, 6.07) is 0. The number of carboxylic acids is 1. The first kappa shape index (κ1) is 13.5. The molecule has 0 aromatic carbocycles. The first-order chi connectivity index (χ1) is 9.52. The number of rotatable bonds is 5. The van der Waals surface area contributed by atoms with Gasteiger partial charge in [-0.25, -0.2) is 0 Å². The Bertz CT molecular complexity index is 656. The molecular formula is C12H13N5O3. The van der Waals surface area contributed by atoms with Crippen LogP contribution in [0, 0.1) is 0 Å². The molecule has 0 aliphatic carbocycles. The summed E-state index contributed by atoms with van der Waals surface area (Å²) in [5.74, 6) is -1.33. The van der Waals surface area contributed by atoms with Crippen LogP contribution in [0.2, 0.25) is 0 Å². The Hall–Kier alpha value is -2.90. The van der Waals surface area contributed by atoms with Crippen molar-refractivity contribution in [2.45, 2.75) is 6.54 Å². The highest BCUT2D eigenvalue weighted by molar-refractivity contribution is 6.01. The molecule has 2 rings (SSSR count). The summed E-state index contributed by atoms with van der Waals surface area (Å²) in [5, 5.41) is 19.0. The van der Waals surface area contributed by atoms with Crippen molar-refractivity contribution >= 4 is 23.6 Å². The van der Waals surface area contributed by atoms with Gasteiger partial charge in [-0.05, 0) is 6.08 Å². The van der Waals surface area contributed by atoms with Gasteiger partial charge in [0.15, 0.2) is 0 Å². The average Bonchev–Trinajstić information content (AvgIpc) is 2.95. The summed E-state index contributed by atoms with van der Waals surface area (Å²) in [7, 11) is 1.79. The van der Waals surface area contributed by atoms with E-state index in [1.807, 2.05) is 0 Å². The second kappa shape index (κ2) is 5.83. The number of anilines is 1. The van der Waals surface area contributed by atoms with Crippen molar-refractivity contribution in [3.05, 3.63) is 36.4 Å². The van der Waals surface area contributed by atoms with Gasteiger partial charge in [-0.2, -0.15) is 10.2 Å². The lowest BCUT2D eigenvalue weighted by Gasteiger charge is -1.96. The maximum absolute atomic E-state index is 11.6. The van der Waals surface area contributed by atoms with E-state index in [9.17, 15) is 9.59 Å². The average molecular weight is 275 g/mol.